The molecule has 0 aliphatic carbocycles. The molecule has 0 atom stereocenters. The maximum atomic E-state index is 4.39. The number of rotatable bonds is 1. The van der Waals surface area contributed by atoms with Gasteiger partial charge in [-0.2, -0.15) is 0 Å². The zero-order chi connectivity index (χ0) is 11.0. The highest BCUT2D eigenvalue weighted by Gasteiger charge is 2.11. The first-order valence-corrected chi connectivity index (χ1v) is 5.38. The average molecular weight is 214 g/mol. The molecule has 0 aromatic carbocycles. The molecule has 0 amide bonds. The largest absolute Gasteiger partial charge is 0.375 e. The van der Waals surface area contributed by atoms with Gasteiger partial charge in [-0.3, -0.25) is 9.88 Å². The van der Waals surface area contributed by atoms with Crippen LogP contribution in [0.2, 0.25) is 0 Å². The van der Waals surface area contributed by atoms with Crippen molar-refractivity contribution in [1.29, 1.82) is 0 Å². The molecule has 3 rings (SSSR count). The Balaban J connectivity index is 2.01. The molecule has 0 radical (unpaired) electrons. The van der Waals surface area contributed by atoms with E-state index >= 15 is 0 Å². The van der Waals surface area contributed by atoms with E-state index in [1.54, 1.807) is 0 Å². The Morgan fingerprint density at radius 3 is 3.25 bits per heavy atom. The number of likely N-dealkylation sites (N-methyl/N-ethyl adjacent to an activating group) is 1. The molecule has 1 aliphatic heterocycles. The predicted octanol–water partition coefficient (Wildman–Crippen LogP) is 1.40. The zero-order valence-corrected chi connectivity index (χ0v) is 9.20. The topological polar surface area (TPSA) is 44.0 Å². The summed E-state index contributed by atoms with van der Waals surface area (Å²) >= 11 is 0. The van der Waals surface area contributed by atoms with Crippen molar-refractivity contribution in [3.05, 3.63) is 35.8 Å². The van der Waals surface area contributed by atoms with Crippen molar-refractivity contribution in [2.24, 2.45) is 0 Å². The van der Waals surface area contributed by atoms with Gasteiger partial charge in [-0.05, 0) is 25.3 Å². The van der Waals surface area contributed by atoms with Gasteiger partial charge in [0, 0.05) is 30.2 Å². The minimum absolute atomic E-state index is 0.918. The second-order valence-corrected chi connectivity index (χ2v) is 4.16. The summed E-state index contributed by atoms with van der Waals surface area (Å²) in [4.78, 5) is 9.84. The van der Waals surface area contributed by atoms with Crippen molar-refractivity contribution in [2.75, 3.05) is 20.3 Å². The van der Waals surface area contributed by atoms with E-state index in [0.717, 1.165) is 29.8 Å². The number of nitrogens with zero attached hydrogens (tertiary/aromatic N) is 2. The monoisotopic (exact) mass is 214 g/mol. The first-order chi connectivity index (χ1) is 7.83. The summed E-state index contributed by atoms with van der Waals surface area (Å²) in [5.41, 5.74) is 4.51. The van der Waals surface area contributed by atoms with Gasteiger partial charge in [-0.15, -0.1) is 0 Å². The third-order valence-electron chi connectivity index (χ3n) is 2.81. The van der Waals surface area contributed by atoms with Crippen LogP contribution in [0.3, 0.4) is 0 Å². The molecule has 1 saturated heterocycles. The molecule has 0 saturated carbocycles. The van der Waals surface area contributed by atoms with E-state index in [9.17, 15) is 0 Å². The minimum atomic E-state index is 0.918. The Bertz CT molecular complexity index is 541. The molecular weight excluding hydrogens is 200 g/mol. The van der Waals surface area contributed by atoms with Gasteiger partial charge in [0.1, 0.15) is 0 Å². The molecule has 4 heteroatoms. The molecular formula is C12H14N4. The standard InChI is InChI=1S/C12H14N4/c1-16-7-10(15-8-16)5-9-6-14-11-3-2-4-13-12(9)11/h2-6,14-15H,7-8H2,1H3/b10-5-. The number of pyridine rings is 1. The van der Waals surface area contributed by atoms with Crippen LogP contribution in [0.1, 0.15) is 5.56 Å². The molecule has 2 aromatic heterocycles. The van der Waals surface area contributed by atoms with Crippen molar-refractivity contribution in [1.82, 2.24) is 20.2 Å². The minimum Gasteiger partial charge on any atom is -0.375 e. The van der Waals surface area contributed by atoms with Crippen LogP contribution in [0.5, 0.6) is 0 Å². The molecule has 1 aliphatic rings. The van der Waals surface area contributed by atoms with E-state index in [1.165, 1.54) is 5.70 Å². The van der Waals surface area contributed by atoms with Crippen LogP contribution in [-0.2, 0) is 0 Å². The molecule has 0 bridgehead atoms. The van der Waals surface area contributed by atoms with Crippen LogP contribution in [0.4, 0.5) is 0 Å². The molecule has 0 spiro atoms. The lowest BCUT2D eigenvalue weighted by molar-refractivity contribution is 0.414. The lowest BCUT2D eigenvalue weighted by Gasteiger charge is -1.99. The number of H-pyrrole nitrogens is 1. The second kappa shape index (κ2) is 3.64. The van der Waals surface area contributed by atoms with E-state index in [2.05, 4.69) is 33.3 Å². The molecule has 16 heavy (non-hydrogen) atoms. The lowest BCUT2D eigenvalue weighted by atomic mass is 10.2. The van der Waals surface area contributed by atoms with Gasteiger partial charge < -0.3 is 10.3 Å². The van der Waals surface area contributed by atoms with Gasteiger partial charge in [-0.1, -0.05) is 0 Å². The molecule has 1 fully saturated rings. The van der Waals surface area contributed by atoms with Crippen LogP contribution >= 0.6 is 0 Å². The van der Waals surface area contributed by atoms with Gasteiger partial charge in [0.25, 0.3) is 0 Å². The van der Waals surface area contributed by atoms with Gasteiger partial charge >= 0.3 is 0 Å². The van der Waals surface area contributed by atoms with Crippen molar-refractivity contribution in [3.8, 4) is 0 Å². The SMILES string of the molecule is CN1CN/C(=C\c2c[nH]c3cccnc23)C1. The zero-order valence-electron chi connectivity index (χ0n) is 9.20. The summed E-state index contributed by atoms with van der Waals surface area (Å²) in [7, 11) is 2.10. The molecule has 4 nitrogen and oxygen atoms in total. The van der Waals surface area contributed by atoms with Crippen LogP contribution in [-0.4, -0.2) is 35.1 Å². The second-order valence-electron chi connectivity index (χ2n) is 4.16. The normalized spacial score (nSPS) is 19.4. The van der Waals surface area contributed by atoms with Crippen LogP contribution in [0.15, 0.2) is 30.2 Å². The highest BCUT2D eigenvalue weighted by atomic mass is 15.3. The van der Waals surface area contributed by atoms with E-state index < -0.39 is 0 Å². The predicted molar refractivity (Wildman–Crippen MR) is 64.7 cm³/mol. The number of fused-ring (bicyclic) bond motifs is 1. The quantitative estimate of drug-likeness (QED) is 0.754. The summed E-state index contributed by atoms with van der Waals surface area (Å²) in [6.07, 6.45) is 5.99. The van der Waals surface area contributed by atoms with Crippen LogP contribution in [0, 0.1) is 0 Å². The number of hydrogen-bond acceptors (Lipinski definition) is 3. The van der Waals surface area contributed by atoms with Crippen molar-refractivity contribution in [2.45, 2.75) is 0 Å². The Hall–Kier alpha value is -1.81. The fourth-order valence-corrected chi connectivity index (χ4v) is 2.01. The van der Waals surface area contributed by atoms with Crippen LogP contribution in [0.25, 0.3) is 17.1 Å². The van der Waals surface area contributed by atoms with E-state index in [-0.39, 0.29) is 0 Å². The summed E-state index contributed by atoms with van der Waals surface area (Å²) in [5, 5.41) is 3.35. The number of aromatic nitrogens is 2. The van der Waals surface area contributed by atoms with E-state index in [4.69, 9.17) is 0 Å². The Kier molecular flexibility index (Phi) is 2.15. The maximum Gasteiger partial charge on any atom is 0.0951 e. The van der Waals surface area contributed by atoms with E-state index in [0.29, 0.717) is 0 Å². The third-order valence-corrected chi connectivity index (χ3v) is 2.81. The van der Waals surface area contributed by atoms with Crippen molar-refractivity contribution >= 4 is 17.1 Å². The number of aromatic amines is 1. The Labute approximate surface area is 94.0 Å². The first kappa shape index (κ1) is 9.42. The fraction of sp³-hybridized carbons (Fsp3) is 0.250. The summed E-state index contributed by atoms with van der Waals surface area (Å²) in [5.74, 6) is 0. The Morgan fingerprint density at radius 2 is 2.44 bits per heavy atom. The van der Waals surface area contributed by atoms with Gasteiger partial charge in [-0.25, -0.2) is 0 Å². The van der Waals surface area contributed by atoms with Crippen molar-refractivity contribution < 1.29 is 0 Å². The smallest absolute Gasteiger partial charge is 0.0951 e. The Morgan fingerprint density at radius 1 is 1.50 bits per heavy atom. The summed E-state index contributed by atoms with van der Waals surface area (Å²) < 4.78 is 0. The van der Waals surface area contributed by atoms with Gasteiger partial charge in [0.15, 0.2) is 0 Å². The maximum absolute atomic E-state index is 4.39. The molecule has 2 N–H and O–H groups in total. The molecule has 2 aromatic rings. The fourth-order valence-electron chi connectivity index (χ4n) is 2.01. The number of hydrogen-bond donors (Lipinski definition) is 2. The lowest BCUT2D eigenvalue weighted by Crippen LogP contribution is -2.15. The molecule has 82 valence electrons. The highest BCUT2D eigenvalue weighted by molar-refractivity contribution is 5.85. The molecule has 0 unspecified atom stereocenters. The van der Waals surface area contributed by atoms with E-state index in [1.807, 2.05) is 24.5 Å². The van der Waals surface area contributed by atoms with Crippen LogP contribution < -0.4 is 5.32 Å². The van der Waals surface area contributed by atoms with Gasteiger partial charge in [0.2, 0.25) is 0 Å². The summed E-state index contributed by atoms with van der Waals surface area (Å²) in [6, 6.07) is 3.98. The highest BCUT2D eigenvalue weighted by Crippen LogP contribution is 2.18. The molecule has 3 heterocycles. The third kappa shape index (κ3) is 1.57. The average Bonchev–Trinajstić information content (AvgIpc) is 2.87. The van der Waals surface area contributed by atoms with Crippen molar-refractivity contribution in [3.63, 3.8) is 0 Å². The summed E-state index contributed by atoms with van der Waals surface area (Å²) in [6.45, 7) is 1.89. The number of nitrogens with one attached hydrogen (secondary N) is 2. The first-order valence-electron chi connectivity index (χ1n) is 5.38. The van der Waals surface area contributed by atoms with Gasteiger partial charge in [0.05, 0.1) is 17.7 Å².